The largest absolute Gasteiger partial charge is 0.329 e. The van der Waals surface area contributed by atoms with Gasteiger partial charge in [-0.25, -0.2) is 5.43 Å². The van der Waals surface area contributed by atoms with Gasteiger partial charge in [0, 0.05) is 25.0 Å². The number of carbonyl (C=O) groups is 1. The zero-order valence-electron chi connectivity index (χ0n) is 9.46. The molecule has 15 heavy (non-hydrogen) atoms. The maximum absolute atomic E-state index is 11.7. The van der Waals surface area contributed by atoms with E-state index in [2.05, 4.69) is 12.3 Å². The van der Waals surface area contributed by atoms with Crippen LogP contribution in [0.4, 0.5) is 0 Å². The Bertz CT molecular complexity index is 250. The van der Waals surface area contributed by atoms with Crippen molar-refractivity contribution in [1.82, 2.24) is 10.4 Å². The number of nitrogens with one attached hydrogen (secondary N) is 1. The highest BCUT2D eigenvalue weighted by molar-refractivity contribution is 5.79. The zero-order chi connectivity index (χ0) is 10.9. The molecule has 0 radical (unpaired) electrons. The van der Waals surface area contributed by atoms with Crippen LogP contribution in [0.3, 0.4) is 0 Å². The molecule has 4 heteroatoms. The predicted octanol–water partition coefficient (Wildman–Crippen LogP) is 0.631. The van der Waals surface area contributed by atoms with Gasteiger partial charge in [0.25, 0.3) is 0 Å². The number of hydrogen-bond acceptors (Lipinski definition) is 3. The van der Waals surface area contributed by atoms with E-state index in [9.17, 15) is 4.79 Å². The zero-order valence-corrected chi connectivity index (χ0v) is 9.46. The second kappa shape index (κ2) is 4.10. The number of carbonyl (C=O) groups excluding carboxylic acids is 1. The van der Waals surface area contributed by atoms with Crippen LogP contribution in [0.25, 0.3) is 0 Å². The maximum Gasteiger partial charge on any atom is 0.238 e. The van der Waals surface area contributed by atoms with E-state index in [1.165, 1.54) is 25.7 Å². The molecule has 1 aliphatic carbocycles. The Kier molecular flexibility index (Phi) is 2.98. The lowest BCUT2D eigenvalue weighted by Crippen LogP contribution is -2.49. The monoisotopic (exact) mass is 211 g/mol. The molecule has 1 aliphatic heterocycles. The SMILES string of the molecule is CC1(C2CCCC2)CC(=O)N(CCN)N1. The molecule has 1 heterocycles. The van der Waals surface area contributed by atoms with Gasteiger partial charge in [-0.2, -0.15) is 0 Å². The number of rotatable bonds is 3. The molecule has 0 spiro atoms. The molecular formula is C11H21N3O. The second-order valence-corrected chi connectivity index (χ2v) is 5.02. The van der Waals surface area contributed by atoms with E-state index in [0.29, 0.717) is 25.4 Å². The van der Waals surface area contributed by atoms with Crippen molar-refractivity contribution in [2.75, 3.05) is 13.1 Å². The van der Waals surface area contributed by atoms with Gasteiger partial charge in [-0.3, -0.25) is 9.80 Å². The Labute approximate surface area is 91.2 Å². The summed E-state index contributed by atoms with van der Waals surface area (Å²) in [6.45, 7) is 3.33. The molecule has 0 bridgehead atoms. The topological polar surface area (TPSA) is 58.4 Å². The minimum Gasteiger partial charge on any atom is -0.329 e. The van der Waals surface area contributed by atoms with Crippen LogP contribution in [0.2, 0.25) is 0 Å². The fraction of sp³-hybridized carbons (Fsp3) is 0.909. The average molecular weight is 211 g/mol. The molecule has 0 aromatic rings. The number of nitrogens with zero attached hydrogens (tertiary/aromatic N) is 1. The lowest BCUT2D eigenvalue weighted by molar-refractivity contribution is -0.129. The van der Waals surface area contributed by atoms with Crippen LogP contribution in [0, 0.1) is 5.92 Å². The van der Waals surface area contributed by atoms with Crippen molar-refractivity contribution in [2.24, 2.45) is 11.7 Å². The van der Waals surface area contributed by atoms with Gasteiger partial charge in [0.05, 0.1) is 0 Å². The van der Waals surface area contributed by atoms with Crippen molar-refractivity contribution in [3.8, 4) is 0 Å². The molecule has 2 aliphatic rings. The fourth-order valence-corrected chi connectivity index (χ4v) is 2.93. The first-order chi connectivity index (χ1) is 7.15. The van der Waals surface area contributed by atoms with Crippen LogP contribution < -0.4 is 11.2 Å². The third-order valence-corrected chi connectivity index (χ3v) is 3.82. The molecule has 1 unspecified atom stereocenters. The standard InChI is InChI=1S/C11H21N3O/c1-11(9-4-2-3-5-9)8-10(15)14(13-11)7-6-12/h9,13H,2-8,12H2,1H3. The number of amides is 1. The Morgan fingerprint density at radius 3 is 2.80 bits per heavy atom. The fourth-order valence-electron chi connectivity index (χ4n) is 2.93. The van der Waals surface area contributed by atoms with Crippen LogP contribution in [-0.2, 0) is 4.79 Å². The molecule has 0 aromatic heterocycles. The number of hydrazine groups is 1. The van der Waals surface area contributed by atoms with Crippen molar-refractivity contribution in [3.63, 3.8) is 0 Å². The molecule has 1 atom stereocenters. The molecule has 86 valence electrons. The van der Waals surface area contributed by atoms with E-state index < -0.39 is 0 Å². The molecule has 4 nitrogen and oxygen atoms in total. The van der Waals surface area contributed by atoms with Gasteiger partial charge in [0.2, 0.25) is 5.91 Å². The van der Waals surface area contributed by atoms with E-state index >= 15 is 0 Å². The van der Waals surface area contributed by atoms with Crippen LogP contribution in [0.15, 0.2) is 0 Å². The van der Waals surface area contributed by atoms with Crippen LogP contribution in [0.5, 0.6) is 0 Å². The molecule has 1 saturated heterocycles. The van der Waals surface area contributed by atoms with E-state index in [-0.39, 0.29) is 11.4 Å². The third-order valence-electron chi connectivity index (χ3n) is 3.82. The Hall–Kier alpha value is -0.610. The summed E-state index contributed by atoms with van der Waals surface area (Å²) in [5.41, 5.74) is 8.83. The Morgan fingerprint density at radius 1 is 1.53 bits per heavy atom. The first-order valence-electron chi connectivity index (χ1n) is 5.94. The van der Waals surface area contributed by atoms with Crippen LogP contribution >= 0.6 is 0 Å². The second-order valence-electron chi connectivity index (χ2n) is 5.02. The van der Waals surface area contributed by atoms with Gasteiger partial charge in [0.15, 0.2) is 0 Å². The third kappa shape index (κ3) is 2.01. The van der Waals surface area contributed by atoms with Crippen molar-refractivity contribution < 1.29 is 4.79 Å². The summed E-state index contributed by atoms with van der Waals surface area (Å²) in [6, 6.07) is 0. The van der Waals surface area contributed by atoms with Crippen LogP contribution in [-0.4, -0.2) is 29.5 Å². The summed E-state index contributed by atoms with van der Waals surface area (Å²) in [5.74, 6) is 0.860. The predicted molar refractivity (Wildman–Crippen MR) is 58.9 cm³/mol. The first kappa shape index (κ1) is 10.9. The summed E-state index contributed by atoms with van der Waals surface area (Å²) in [5, 5.41) is 1.71. The average Bonchev–Trinajstić information content (AvgIpc) is 2.77. The quantitative estimate of drug-likeness (QED) is 0.720. The summed E-state index contributed by atoms with van der Waals surface area (Å²) in [4.78, 5) is 11.7. The molecule has 3 N–H and O–H groups in total. The van der Waals surface area contributed by atoms with E-state index in [0.717, 1.165) is 0 Å². The maximum atomic E-state index is 11.7. The van der Waals surface area contributed by atoms with Crippen molar-refractivity contribution in [3.05, 3.63) is 0 Å². The van der Waals surface area contributed by atoms with Crippen molar-refractivity contribution >= 4 is 5.91 Å². The molecule has 2 fully saturated rings. The lowest BCUT2D eigenvalue weighted by atomic mass is 9.83. The normalized spacial score (nSPS) is 32.9. The minimum atomic E-state index is -0.0112. The summed E-state index contributed by atoms with van der Waals surface area (Å²) in [7, 11) is 0. The van der Waals surface area contributed by atoms with Gasteiger partial charge in [-0.05, 0) is 25.7 Å². The van der Waals surface area contributed by atoms with Gasteiger partial charge in [-0.1, -0.05) is 12.8 Å². The molecule has 1 saturated carbocycles. The highest BCUT2D eigenvalue weighted by Gasteiger charge is 2.44. The highest BCUT2D eigenvalue weighted by atomic mass is 16.2. The Morgan fingerprint density at radius 2 is 2.20 bits per heavy atom. The molecule has 2 rings (SSSR count). The summed E-state index contributed by atoms with van der Waals surface area (Å²) >= 11 is 0. The van der Waals surface area contributed by atoms with E-state index in [4.69, 9.17) is 5.73 Å². The lowest BCUT2D eigenvalue weighted by Gasteiger charge is -2.31. The smallest absolute Gasteiger partial charge is 0.238 e. The Balaban J connectivity index is 2.01. The first-order valence-corrected chi connectivity index (χ1v) is 5.94. The number of hydrogen-bond donors (Lipinski definition) is 2. The van der Waals surface area contributed by atoms with Gasteiger partial charge >= 0.3 is 0 Å². The van der Waals surface area contributed by atoms with E-state index in [1.807, 2.05) is 0 Å². The van der Waals surface area contributed by atoms with Gasteiger partial charge in [0.1, 0.15) is 0 Å². The van der Waals surface area contributed by atoms with Crippen LogP contribution in [0.1, 0.15) is 39.0 Å². The highest BCUT2D eigenvalue weighted by Crippen LogP contribution is 2.38. The van der Waals surface area contributed by atoms with Crippen molar-refractivity contribution in [1.29, 1.82) is 0 Å². The molecule has 0 aromatic carbocycles. The van der Waals surface area contributed by atoms with E-state index in [1.54, 1.807) is 5.01 Å². The molecule has 1 amide bonds. The minimum absolute atomic E-state index is 0.0112. The summed E-state index contributed by atoms with van der Waals surface area (Å²) < 4.78 is 0. The number of nitrogens with two attached hydrogens (primary N) is 1. The summed E-state index contributed by atoms with van der Waals surface area (Å²) in [6.07, 6.45) is 5.78. The van der Waals surface area contributed by atoms with Gasteiger partial charge in [-0.15, -0.1) is 0 Å². The van der Waals surface area contributed by atoms with Crippen molar-refractivity contribution in [2.45, 2.75) is 44.6 Å². The molecular weight excluding hydrogens is 190 g/mol. The van der Waals surface area contributed by atoms with Gasteiger partial charge < -0.3 is 5.73 Å².